The average Bonchev–Trinajstić information content (AvgIpc) is 3.31. The monoisotopic (exact) mass is 575 g/mol. The Hall–Kier alpha value is 0.680. The minimum atomic E-state index is -5.39. The van der Waals surface area contributed by atoms with Gasteiger partial charge in [-0.15, -0.1) is 0 Å². The molecule has 0 bridgehead atoms. The van der Waals surface area contributed by atoms with E-state index < -0.39 is 29.7 Å². The van der Waals surface area contributed by atoms with Crippen LogP contribution in [0.5, 0.6) is 0 Å². The number of quaternary nitrogens is 3. The minimum absolute atomic E-state index is 0.581. The molecule has 0 aromatic heterocycles. The van der Waals surface area contributed by atoms with Crippen LogP contribution in [0.4, 0.5) is 0 Å². The molecule has 6 heterocycles. The highest BCUT2D eigenvalue weighted by Crippen LogP contribution is 2.83. The first kappa shape index (κ1) is 30.2. The van der Waals surface area contributed by atoms with E-state index in [1.54, 1.807) is 0 Å². The van der Waals surface area contributed by atoms with Crippen LogP contribution in [0.25, 0.3) is 0 Å². The van der Waals surface area contributed by atoms with Gasteiger partial charge >= 0.3 is 21.9 Å². The molecule has 9 atom stereocenters. The predicted octanol–water partition coefficient (Wildman–Crippen LogP) is 2.77. The number of hydrogen-bond acceptors (Lipinski definition) is 7. The summed E-state index contributed by atoms with van der Waals surface area (Å²) in [5.41, 5.74) is 0. The largest absolute Gasteiger partial charge is 0.822 e. The summed E-state index contributed by atoms with van der Waals surface area (Å²) >= 11 is 0. The van der Waals surface area contributed by atoms with Crippen molar-refractivity contribution in [1.29, 1.82) is 0 Å². The van der Waals surface area contributed by atoms with Crippen molar-refractivity contribution in [2.75, 3.05) is 59.3 Å². The quantitative estimate of drug-likeness (QED) is 0.373. The van der Waals surface area contributed by atoms with Crippen molar-refractivity contribution in [2.24, 2.45) is 0 Å². The SMILES string of the molecule is CCP1(=O)C2CCC[N+]21C.CCP1(=O)C2CCC[N+]21C.CCP1(=O)C2CCC[N+]21C.O=P([O-])([O-])[O-]. The summed E-state index contributed by atoms with van der Waals surface area (Å²) < 4.78 is 47.2. The smallest absolute Gasteiger partial charge is 0.303 e. The molecule has 9 unspecified atom stereocenters. The Bertz CT molecular complexity index is 903. The van der Waals surface area contributed by atoms with Crippen molar-refractivity contribution in [2.45, 2.75) is 76.6 Å². The van der Waals surface area contributed by atoms with Crippen LogP contribution in [0.2, 0.25) is 0 Å². The van der Waals surface area contributed by atoms with Gasteiger partial charge in [-0.2, -0.15) is 7.82 Å². The highest BCUT2D eigenvalue weighted by molar-refractivity contribution is 7.64. The zero-order valence-electron chi connectivity index (χ0n) is 22.2. The fraction of sp³-hybridized carbons (Fsp3) is 1.00. The molecular weight excluding hydrogens is 530 g/mol. The molecule has 0 aromatic rings. The van der Waals surface area contributed by atoms with Crippen LogP contribution in [0.15, 0.2) is 0 Å². The van der Waals surface area contributed by atoms with Crippen molar-refractivity contribution in [3.8, 4) is 0 Å². The molecule has 6 rings (SSSR count). The van der Waals surface area contributed by atoms with E-state index in [9.17, 15) is 13.7 Å². The lowest BCUT2D eigenvalue weighted by Crippen LogP contribution is -2.24. The first-order valence-electron chi connectivity index (χ1n) is 13.0. The average molecular weight is 576 g/mol. The first-order chi connectivity index (χ1) is 15.9. The Morgan fingerprint density at radius 1 is 0.629 bits per heavy atom. The van der Waals surface area contributed by atoms with Gasteiger partial charge in [0, 0.05) is 38.5 Å². The highest BCUT2D eigenvalue weighted by atomic mass is 31.2. The van der Waals surface area contributed by atoms with Gasteiger partial charge < -0.3 is 19.2 Å². The summed E-state index contributed by atoms with van der Waals surface area (Å²) in [6, 6.07) is 0. The molecule has 10 nitrogen and oxygen atoms in total. The van der Waals surface area contributed by atoms with Crippen LogP contribution in [-0.2, 0) is 18.3 Å². The minimum Gasteiger partial charge on any atom is -0.822 e. The van der Waals surface area contributed by atoms with Crippen LogP contribution >= 0.6 is 29.7 Å². The van der Waals surface area contributed by atoms with E-state index in [0.717, 1.165) is 31.2 Å². The third kappa shape index (κ3) is 4.82. The lowest BCUT2D eigenvalue weighted by molar-refractivity contribution is -0.719. The molecule has 6 fully saturated rings. The van der Waals surface area contributed by atoms with Gasteiger partial charge in [-0.3, -0.25) is 26.5 Å². The van der Waals surface area contributed by atoms with Crippen LogP contribution in [0.1, 0.15) is 59.3 Å². The molecule has 0 N–H and O–H groups in total. The molecule has 0 radical (unpaired) electrons. The molecule has 0 saturated carbocycles. The maximum absolute atomic E-state index is 11.9. The summed E-state index contributed by atoms with van der Waals surface area (Å²) in [5, 5.41) is 0. The summed E-state index contributed by atoms with van der Waals surface area (Å²) in [6.07, 6.45) is 10.3. The van der Waals surface area contributed by atoms with Crippen molar-refractivity contribution in [3.05, 3.63) is 0 Å². The normalized spacial score (nSPS) is 51.7. The summed E-state index contributed by atoms with van der Waals surface area (Å²) in [5.74, 6) is 1.74. The molecule has 206 valence electrons. The first-order valence-corrected chi connectivity index (χ1v) is 20.2. The van der Waals surface area contributed by atoms with E-state index in [2.05, 4.69) is 41.9 Å². The Kier molecular flexibility index (Phi) is 8.38. The van der Waals surface area contributed by atoms with E-state index in [-0.39, 0.29) is 0 Å². The van der Waals surface area contributed by atoms with Crippen molar-refractivity contribution < 1.29 is 45.7 Å². The van der Waals surface area contributed by atoms with Crippen LogP contribution in [-0.4, -0.2) is 89.4 Å². The van der Waals surface area contributed by atoms with Gasteiger partial charge in [0.1, 0.15) is 0 Å². The molecule has 0 aromatic carbocycles. The Labute approximate surface area is 211 Å². The van der Waals surface area contributed by atoms with Gasteiger partial charge in [-0.1, -0.05) is 20.8 Å². The fourth-order valence-electron chi connectivity index (χ4n) is 7.71. The Morgan fingerprint density at radius 2 is 0.829 bits per heavy atom. The third-order valence-electron chi connectivity index (χ3n) is 10.1. The zero-order valence-corrected chi connectivity index (χ0v) is 25.8. The fourth-order valence-corrected chi connectivity index (χ4v) is 19.7. The molecule has 0 amide bonds. The van der Waals surface area contributed by atoms with Gasteiger partial charge in [0.2, 0.25) is 0 Å². The molecular formula is C21H45N3O7P4. The molecule has 0 spiro atoms. The molecule has 6 saturated heterocycles. The van der Waals surface area contributed by atoms with Crippen molar-refractivity contribution in [1.82, 2.24) is 0 Å². The van der Waals surface area contributed by atoms with Crippen LogP contribution in [0, 0.1) is 0 Å². The number of rotatable bonds is 3. The van der Waals surface area contributed by atoms with Crippen molar-refractivity contribution in [3.63, 3.8) is 0 Å². The van der Waals surface area contributed by atoms with Crippen LogP contribution in [0.3, 0.4) is 0 Å². The van der Waals surface area contributed by atoms with Gasteiger partial charge in [0.15, 0.2) is 17.3 Å². The standard InChI is InChI=1S/3C7H15NOP.H3O4P/c3*1-3-10(9)7-5-4-6-8(7,10)2;1-5(2,3)4/h3*7H,3-6H2,1-2H3;(H3,1,2,3,4)/q3*+1;/p-3. The Morgan fingerprint density at radius 3 is 0.914 bits per heavy atom. The lowest BCUT2D eigenvalue weighted by atomic mass is 10.4. The second-order valence-corrected chi connectivity index (χ2v) is 23.2. The highest BCUT2D eigenvalue weighted by Gasteiger charge is 2.76. The number of fused-ring (bicyclic) bond motifs is 3. The van der Waals surface area contributed by atoms with E-state index in [4.69, 9.17) is 19.2 Å². The molecule has 14 heteroatoms. The maximum Gasteiger partial charge on any atom is 0.303 e. The van der Waals surface area contributed by atoms with E-state index in [0.29, 0.717) is 17.3 Å². The Balaban J connectivity index is 0.000000134. The topological polar surface area (TPSA) is 137 Å². The van der Waals surface area contributed by atoms with Gasteiger partial charge in [-0.25, -0.2) is 0 Å². The molecule has 6 aliphatic rings. The molecule has 35 heavy (non-hydrogen) atoms. The van der Waals surface area contributed by atoms with Gasteiger partial charge in [0.25, 0.3) is 0 Å². The van der Waals surface area contributed by atoms with Crippen molar-refractivity contribution >= 4 is 29.7 Å². The van der Waals surface area contributed by atoms with Gasteiger partial charge in [-0.05, 0) is 0 Å². The maximum atomic E-state index is 11.9. The third-order valence-corrected chi connectivity index (χ3v) is 23.2. The van der Waals surface area contributed by atoms with E-state index >= 15 is 0 Å². The van der Waals surface area contributed by atoms with Gasteiger partial charge in [0.05, 0.1) is 59.3 Å². The summed E-state index contributed by atoms with van der Waals surface area (Å²) in [6.45, 7) is 9.75. The summed E-state index contributed by atoms with van der Waals surface area (Å²) in [4.78, 5) is 25.6. The predicted molar refractivity (Wildman–Crippen MR) is 134 cm³/mol. The number of phosphoric acid groups is 1. The molecule has 6 aliphatic heterocycles. The van der Waals surface area contributed by atoms with Crippen LogP contribution < -0.4 is 14.7 Å². The number of hydrogen-bond donors (Lipinski definition) is 0. The summed E-state index contributed by atoms with van der Waals surface area (Å²) in [7, 11) is -3.94. The zero-order chi connectivity index (χ0) is 26.7. The van der Waals surface area contributed by atoms with E-state index in [1.807, 2.05) is 0 Å². The molecule has 0 aliphatic carbocycles. The van der Waals surface area contributed by atoms with E-state index in [1.165, 1.54) is 58.2 Å². The second kappa shape index (κ2) is 9.70. The second-order valence-electron chi connectivity index (χ2n) is 11.3. The number of nitrogens with zero attached hydrogens (tertiary/aromatic N) is 3. The lowest BCUT2D eigenvalue weighted by Gasteiger charge is -2.36.